The minimum absolute atomic E-state index is 0.0649. The number of hydrogen-bond donors (Lipinski definition) is 1. The molecule has 1 N–H and O–H groups in total. The van der Waals surface area contributed by atoms with Gasteiger partial charge in [0.05, 0.1) is 7.11 Å². The monoisotopic (exact) mass is 267 g/mol. The van der Waals surface area contributed by atoms with E-state index >= 15 is 0 Å². The summed E-state index contributed by atoms with van der Waals surface area (Å²) in [6, 6.07) is 0. The Morgan fingerprint density at radius 2 is 1.89 bits per heavy atom. The number of carbonyl (C=O) groups excluding carboxylic acids is 1. The van der Waals surface area contributed by atoms with Gasteiger partial charge in [-0.1, -0.05) is 0 Å². The van der Waals surface area contributed by atoms with Crippen molar-refractivity contribution in [3.63, 3.8) is 0 Å². The first kappa shape index (κ1) is 14.9. The average Bonchev–Trinajstić information content (AvgIpc) is 2.42. The molecular weight excluding hydrogens is 241 g/mol. The van der Waals surface area contributed by atoms with E-state index in [2.05, 4.69) is 4.81 Å². The zero-order chi connectivity index (χ0) is 13.9. The standard InChI is InChI=1S/C14H26BNO3/c1-15(18)16-9-7-14(8-10-16)5-3-12(4-6-14)11-13(17)19-2/h12,18H,3-11H2,1-2H3. The number of nitrogens with zero attached hydrogens (tertiary/aromatic N) is 1. The molecular formula is C14H26BNO3. The summed E-state index contributed by atoms with van der Waals surface area (Å²) in [6.07, 6.45) is 7.77. The smallest absolute Gasteiger partial charge is 0.376 e. The zero-order valence-electron chi connectivity index (χ0n) is 12.2. The van der Waals surface area contributed by atoms with Crippen LogP contribution in [0.15, 0.2) is 0 Å². The molecule has 0 aromatic heterocycles. The molecule has 1 spiro atoms. The number of methoxy groups -OCH3 is 1. The van der Waals surface area contributed by atoms with E-state index in [-0.39, 0.29) is 13.0 Å². The second kappa shape index (κ2) is 6.27. The minimum atomic E-state index is -0.312. The molecule has 5 heteroatoms. The van der Waals surface area contributed by atoms with Crippen LogP contribution in [0.3, 0.4) is 0 Å². The normalized spacial score (nSPS) is 24.4. The number of esters is 1. The van der Waals surface area contributed by atoms with E-state index in [1.165, 1.54) is 32.8 Å². The van der Waals surface area contributed by atoms with Crippen LogP contribution in [0.1, 0.15) is 44.9 Å². The predicted molar refractivity (Wildman–Crippen MR) is 75.7 cm³/mol. The van der Waals surface area contributed by atoms with Crippen LogP contribution >= 0.6 is 0 Å². The van der Waals surface area contributed by atoms with Crippen LogP contribution in [0.2, 0.25) is 6.82 Å². The Morgan fingerprint density at radius 1 is 1.32 bits per heavy atom. The third-order valence-corrected chi connectivity index (χ3v) is 5.24. The van der Waals surface area contributed by atoms with E-state index in [0.29, 0.717) is 17.8 Å². The van der Waals surface area contributed by atoms with Crippen LogP contribution in [0.25, 0.3) is 0 Å². The van der Waals surface area contributed by atoms with Crippen molar-refractivity contribution in [2.45, 2.75) is 51.8 Å². The molecule has 1 heterocycles. The van der Waals surface area contributed by atoms with Gasteiger partial charge in [0.1, 0.15) is 0 Å². The van der Waals surface area contributed by atoms with Crippen molar-refractivity contribution in [3.05, 3.63) is 0 Å². The number of hydrogen-bond acceptors (Lipinski definition) is 4. The third-order valence-electron chi connectivity index (χ3n) is 5.24. The molecule has 0 atom stereocenters. The van der Waals surface area contributed by atoms with Gasteiger partial charge in [-0.3, -0.25) is 4.79 Å². The van der Waals surface area contributed by atoms with Crippen molar-refractivity contribution in [2.75, 3.05) is 20.2 Å². The van der Waals surface area contributed by atoms with E-state index in [0.717, 1.165) is 25.9 Å². The van der Waals surface area contributed by atoms with Crippen LogP contribution in [-0.2, 0) is 9.53 Å². The van der Waals surface area contributed by atoms with Crippen molar-refractivity contribution in [1.29, 1.82) is 0 Å². The summed E-state index contributed by atoms with van der Waals surface area (Å²) in [5, 5.41) is 9.61. The van der Waals surface area contributed by atoms with Crippen LogP contribution in [0.5, 0.6) is 0 Å². The highest BCUT2D eigenvalue weighted by atomic mass is 16.5. The summed E-state index contributed by atoms with van der Waals surface area (Å²) < 4.78 is 4.76. The first-order valence-electron chi connectivity index (χ1n) is 7.54. The van der Waals surface area contributed by atoms with Crippen molar-refractivity contribution in [3.8, 4) is 0 Å². The number of rotatable bonds is 3. The van der Waals surface area contributed by atoms with Gasteiger partial charge in [-0.05, 0) is 69.8 Å². The van der Waals surface area contributed by atoms with E-state index in [9.17, 15) is 9.82 Å². The molecule has 1 saturated heterocycles. The molecule has 2 aliphatic rings. The van der Waals surface area contributed by atoms with Gasteiger partial charge in [0, 0.05) is 6.42 Å². The molecule has 0 aromatic rings. The lowest BCUT2D eigenvalue weighted by Crippen LogP contribution is -2.47. The first-order valence-corrected chi connectivity index (χ1v) is 7.54. The maximum Gasteiger partial charge on any atom is 0.376 e. The maximum atomic E-state index is 11.3. The molecule has 0 radical (unpaired) electrons. The van der Waals surface area contributed by atoms with Gasteiger partial charge in [-0.2, -0.15) is 0 Å². The van der Waals surface area contributed by atoms with E-state index in [4.69, 9.17) is 4.74 Å². The third kappa shape index (κ3) is 3.73. The summed E-state index contributed by atoms with van der Waals surface area (Å²) in [7, 11) is 1.16. The Kier molecular flexibility index (Phi) is 4.90. The molecule has 0 aromatic carbocycles. The molecule has 1 aliphatic carbocycles. The first-order chi connectivity index (χ1) is 9.04. The molecule has 108 valence electrons. The highest BCUT2D eigenvalue weighted by Gasteiger charge is 2.39. The molecule has 0 unspecified atom stereocenters. The number of ether oxygens (including phenoxy) is 1. The van der Waals surface area contributed by atoms with Crippen molar-refractivity contribution in [2.24, 2.45) is 11.3 Å². The summed E-state index contributed by atoms with van der Waals surface area (Å²) in [5.41, 5.74) is 0.484. The minimum Gasteiger partial charge on any atom is -0.469 e. The number of piperidine rings is 1. The Bertz CT molecular complexity index is 304. The molecule has 0 bridgehead atoms. The lowest BCUT2D eigenvalue weighted by atomic mass is 9.64. The maximum absolute atomic E-state index is 11.3. The van der Waals surface area contributed by atoms with Crippen molar-refractivity contribution < 1.29 is 14.6 Å². The molecule has 2 rings (SSSR count). The van der Waals surface area contributed by atoms with Gasteiger partial charge in [0.15, 0.2) is 0 Å². The lowest BCUT2D eigenvalue weighted by Gasteiger charge is -2.46. The largest absolute Gasteiger partial charge is 0.469 e. The molecule has 19 heavy (non-hydrogen) atoms. The summed E-state index contributed by atoms with van der Waals surface area (Å²) >= 11 is 0. The molecule has 4 nitrogen and oxygen atoms in total. The van der Waals surface area contributed by atoms with E-state index in [1.54, 1.807) is 0 Å². The number of carbonyl (C=O) groups is 1. The Labute approximate surface area is 116 Å². The molecule has 2 fully saturated rings. The van der Waals surface area contributed by atoms with Crippen molar-refractivity contribution >= 4 is 13.0 Å². The van der Waals surface area contributed by atoms with Crippen molar-refractivity contribution in [1.82, 2.24) is 4.81 Å². The van der Waals surface area contributed by atoms with Crippen LogP contribution in [0.4, 0.5) is 0 Å². The lowest BCUT2D eigenvalue weighted by molar-refractivity contribution is -0.142. The quantitative estimate of drug-likeness (QED) is 0.627. The predicted octanol–water partition coefficient (Wildman–Crippen LogP) is 1.93. The van der Waals surface area contributed by atoms with Crippen LogP contribution in [-0.4, -0.2) is 43.1 Å². The summed E-state index contributed by atoms with van der Waals surface area (Å²) in [6.45, 7) is 3.88. The second-order valence-corrected chi connectivity index (χ2v) is 6.39. The average molecular weight is 267 g/mol. The highest BCUT2D eigenvalue weighted by Crippen LogP contribution is 2.47. The molecule has 0 amide bonds. The van der Waals surface area contributed by atoms with Gasteiger partial charge >= 0.3 is 13.0 Å². The van der Waals surface area contributed by atoms with E-state index < -0.39 is 0 Å². The summed E-state index contributed by atoms with van der Waals surface area (Å²) in [4.78, 5) is 13.5. The fourth-order valence-electron chi connectivity index (χ4n) is 3.69. The van der Waals surface area contributed by atoms with Gasteiger partial charge in [-0.25, -0.2) is 0 Å². The SMILES string of the molecule is COC(=O)CC1CCC2(CC1)CCN(B(C)O)CC2. The topological polar surface area (TPSA) is 49.8 Å². The van der Waals surface area contributed by atoms with Crippen LogP contribution in [0, 0.1) is 11.3 Å². The summed E-state index contributed by atoms with van der Waals surface area (Å²) in [5.74, 6) is 0.456. The Hall–Kier alpha value is -0.545. The fraction of sp³-hybridized carbons (Fsp3) is 0.929. The highest BCUT2D eigenvalue weighted by molar-refractivity contribution is 6.45. The second-order valence-electron chi connectivity index (χ2n) is 6.39. The Morgan fingerprint density at radius 3 is 2.37 bits per heavy atom. The van der Waals surface area contributed by atoms with Gasteiger partial charge in [0.25, 0.3) is 0 Å². The molecule has 1 aliphatic heterocycles. The van der Waals surface area contributed by atoms with Gasteiger partial charge in [-0.15, -0.1) is 0 Å². The van der Waals surface area contributed by atoms with Gasteiger partial charge in [0.2, 0.25) is 0 Å². The Balaban J connectivity index is 1.78. The molecule has 1 saturated carbocycles. The van der Waals surface area contributed by atoms with E-state index in [1.807, 2.05) is 6.82 Å². The van der Waals surface area contributed by atoms with Gasteiger partial charge < -0.3 is 14.6 Å². The fourth-order valence-corrected chi connectivity index (χ4v) is 3.69. The zero-order valence-corrected chi connectivity index (χ0v) is 12.2. The van der Waals surface area contributed by atoms with Crippen LogP contribution < -0.4 is 0 Å².